The van der Waals surface area contributed by atoms with Crippen LogP contribution in [0.3, 0.4) is 0 Å². The summed E-state index contributed by atoms with van der Waals surface area (Å²) < 4.78 is 0. The molecule has 0 aliphatic rings. The molecule has 4 nitrogen and oxygen atoms in total. The van der Waals surface area contributed by atoms with E-state index in [1.807, 2.05) is 42.5 Å². The number of anilines is 1. The number of aliphatic carboxylic acids is 1. The van der Waals surface area contributed by atoms with E-state index in [9.17, 15) is 14.7 Å². The van der Waals surface area contributed by atoms with E-state index < -0.39 is 5.97 Å². The fourth-order valence-corrected chi connectivity index (χ4v) is 2.89. The van der Waals surface area contributed by atoms with Crippen molar-refractivity contribution in [1.82, 2.24) is 0 Å². The molecule has 0 radical (unpaired) electrons. The van der Waals surface area contributed by atoms with E-state index in [1.165, 1.54) is 12.5 Å². The molecule has 2 rings (SSSR count). The van der Waals surface area contributed by atoms with Gasteiger partial charge in [-0.3, -0.25) is 9.59 Å². The van der Waals surface area contributed by atoms with Crippen LogP contribution in [0.2, 0.25) is 0 Å². The smallest absolute Gasteiger partial charge is 0.306 e. The maximum absolute atomic E-state index is 11.5. The molecule has 0 aliphatic carbocycles. The Morgan fingerprint density at radius 1 is 0.920 bits per heavy atom. The quantitative estimate of drug-likeness (QED) is 0.716. The third-order valence-corrected chi connectivity index (χ3v) is 4.27. The zero-order valence-electron chi connectivity index (χ0n) is 14.6. The molecule has 2 aromatic carbocycles. The lowest BCUT2D eigenvalue weighted by atomic mass is 9.93. The van der Waals surface area contributed by atoms with Crippen molar-refractivity contribution in [3.63, 3.8) is 0 Å². The number of aryl methyl sites for hydroxylation is 2. The minimum Gasteiger partial charge on any atom is -0.481 e. The van der Waals surface area contributed by atoms with E-state index in [2.05, 4.69) is 17.4 Å². The fourth-order valence-electron chi connectivity index (χ4n) is 2.89. The zero-order valence-corrected chi connectivity index (χ0v) is 14.6. The Balaban J connectivity index is 1.80. The first-order valence-corrected chi connectivity index (χ1v) is 8.68. The number of benzene rings is 2. The van der Waals surface area contributed by atoms with Gasteiger partial charge in [-0.2, -0.15) is 0 Å². The summed E-state index contributed by atoms with van der Waals surface area (Å²) in [5.41, 5.74) is 3.09. The van der Waals surface area contributed by atoms with Gasteiger partial charge in [0, 0.05) is 12.6 Å². The predicted octanol–water partition coefficient (Wildman–Crippen LogP) is 4.30. The van der Waals surface area contributed by atoms with Gasteiger partial charge in [-0.1, -0.05) is 42.5 Å². The lowest BCUT2D eigenvalue weighted by Gasteiger charge is -2.12. The molecule has 2 aromatic rings. The van der Waals surface area contributed by atoms with Gasteiger partial charge in [-0.15, -0.1) is 0 Å². The fraction of sp³-hybridized carbons (Fsp3) is 0.333. The molecule has 1 atom stereocenters. The van der Waals surface area contributed by atoms with Gasteiger partial charge in [-0.05, 0) is 55.4 Å². The molecule has 0 aliphatic heterocycles. The number of hydrogen-bond acceptors (Lipinski definition) is 2. The van der Waals surface area contributed by atoms with E-state index >= 15 is 0 Å². The summed E-state index contributed by atoms with van der Waals surface area (Å²) in [7, 11) is 0. The van der Waals surface area contributed by atoms with Gasteiger partial charge < -0.3 is 10.4 Å². The van der Waals surface area contributed by atoms with E-state index in [0.717, 1.165) is 30.5 Å². The normalized spacial score (nSPS) is 11.7. The molecule has 1 amide bonds. The average Bonchev–Trinajstić information content (AvgIpc) is 2.59. The van der Waals surface area contributed by atoms with Gasteiger partial charge >= 0.3 is 5.97 Å². The number of rotatable bonds is 9. The summed E-state index contributed by atoms with van der Waals surface area (Å²) in [6.45, 7) is 1.47. The Kier molecular flexibility index (Phi) is 7.20. The van der Waals surface area contributed by atoms with Crippen molar-refractivity contribution in [1.29, 1.82) is 0 Å². The Bertz CT molecular complexity index is 680. The molecule has 132 valence electrons. The second kappa shape index (κ2) is 9.62. The highest BCUT2D eigenvalue weighted by atomic mass is 16.4. The summed E-state index contributed by atoms with van der Waals surface area (Å²) in [5, 5.41) is 12.2. The summed E-state index contributed by atoms with van der Waals surface area (Å²) in [6, 6.07) is 17.7. The van der Waals surface area contributed by atoms with Crippen LogP contribution in [0.5, 0.6) is 0 Å². The summed E-state index contributed by atoms with van der Waals surface area (Å²) in [4.78, 5) is 22.5. The Morgan fingerprint density at radius 2 is 1.56 bits per heavy atom. The number of amides is 1. The molecule has 0 aromatic heterocycles. The van der Waals surface area contributed by atoms with Crippen LogP contribution < -0.4 is 5.32 Å². The summed E-state index contributed by atoms with van der Waals surface area (Å²) >= 11 is 0. The first-order chi connectivity index (χ1) is 12.0. The number of carbonyl (C=O) groups is 2. The molecule has 1 unspecified atom stereocenters. The Morgan fingerprint density at radius 3 is 2.16 bits per heavy atom. The van der Waals surface area contributed by atoms with Crippen LogP contribution in [0.4, 0.5) is 5.69 Å². The molecule has 4 heteroatoms. The zero-order chi connectivity index (χ0) is 18.1. The third kappa shape index (κ3) is 6.79. The lowest BCUT2D eigenvalue weighted by molar-refractivity contribution is -0.142. The molecule has 0 heterocycles. The van der Waals surface area contributed by atoms with Crippen molar-refractivity contribution in [2.24, 2.45) is 5.92 Å². The number of nitrogens with one attached hydrogen (secondary N) is 1. The van der Waals surface area contributed by atoms with Crippen LogP contribution in [-0.4, -0.2) is 17.0 Å². The molecule has 0 saturated carbocycles. The van der Waals surface area contributed by atoms with Crippen molar-refractivity contribution < 1.29 is 14.7 Å². The molecule has 0 fully saturated rings. The maximum Gasteiger partial charge on any atom is 0.306 e. The Hall–Kier alpha value is -2.62. The van der Waals surface area contributed by atoms with Crippen LogP contribution >= 0.6 is 0 Å². The van der Waals surface area contributed by atoms with Gasteiger partial charge in [0.25, 0.3) is 0 Å². The van der Waals surface area contributed by atoms with Crippen LogP contribution in [0.1, 0.15) is 37.3 Å². The third-order valence-electron chi connectivity index (χ3n) is 4.27. The molecule has 2 N–H and O–H groups in total. The highest BCUT2D eigenvalue weighted by Crippen LogP contribution is 2.19. The minimum absolute atomic E-state index is 0.0999. The van der Waals surface area contributed by atoms with Gasteiger partial charge in [0.2, 0.25) is 5.91 Å². The average molecular weight is 339 g/mol. The SMILES string of the molecule is CC(=O)Nc1ccc(CCC(CCCc2ccccc2)C(=O)O)cc1. The first kappa shape index (κ1) is 18.7. The Labute approximate surface area is 148 Å². The van der Waals surface area contributed by atoms with Gasteiger partial charge in [0.15, 0.2) is 0 Å². The van der Waals surface area contributed by atoms with Crippen molar-refractivity contribution in [3.05, 3.63) is 65.7 Å². The van der Waals surface area contributed by atoms with E-state index in [0.29, 0.717) is 12.8 Å². The summed E-state index contributed by atoms with van der Waals surface area (Å²) in [6.07, 6.45) is 3.83. The first-order valence-electron chi connectivity index (χ1n) is 8.68. The molecule has 0 saturated heterocycles. The monoisotopic (exact) mass is 339 g/mol. The molecular weight excluding hydrogens is 314 g/mol. The minimum atomic E-state index is -0.720. The topological polar surface area (TPSA) is 66.4 Å². The van der Waals surface area contributed by atoms with E-state index in [1.54, 1.807) is 0 Å². The van der Waals surface area contributed by atoms with Crippen molar-refractivity contribution in [3.8, 4) is 0 Å². The second-order valence-corrected chi connectivity index (χ2v) is 6.33. The number of carboxylic acids is 1. The standard InChI is InChI=1S/C21H25NO3/c1-16(23)22-20-14-11-18(12-15-20)10-13-19(21(24)25)9-5-8-17-6-3-2-4-7-17/h2-4,6-7,11-12,14-15,19H,5,8-10,13H2,1H3,(H,22,23)(H,24,25). The molecular formula is C21H25NO3. The van der Waals surface area contributed by atoms with Crippen molar-refractivity contribution in [2.45, 2.75) is 39.0 Å². The summed E-state index contributed by atoms with van der Waals surface area (Å²) in [5.74, 6) is -1.14. The van der Waals surface area contributed by atoms with Crippen LogP contribution in [0.15, 0.2) is 54.6 Å². The highest BCUT2D eigenvalue weighted by Gasteiger charge is 2.17. The molecule has 25 heavy (non-hydrogen) atoms. The van der Waals surface area contributed by atoms with Crippen molar-refractivity contribution in [2.75, 3.05) is 5.32 Å². The lowest BCUT2D eigenvalue weighted by Crippen LogP contribution is -2.15. The van der Waals surface area contributed by atoms with Crippen LogP contribution in [-0.2, 0) is 22.4 Å². The van der Waals surface area contributed by atoms with Crippen molar-refractivity contribution >= 4 is 17.6 Å². The predicted molar refractivity (Wildman–Crippen MR) is 99.6 cm³/mol. The highest BCUT2D eigenvalue weighted by molar-refractivity contribution is 5.88. The second-order valence-electron chi connectivity index (χ2n) is 6.33. The number of hydrogen-bond donors (Lipinski definition) is 2. The number of carbonyl (C=O) groups excluding carboxylic acids is 1. The molecule has 0 bridgehead atoms. The van der Waals surface area contributed by atoms with Gasteiger partial charge in [0.1, 0.15) is 0 Å². The van der Waals surface area contributed by atoms with Gasteiger partial charge in [-0.25, -0.2) is 0 Å². The maximum atomic E-state index is 11.5. The van der Waals surface area contributed by atoms with Gasteiger partial charge in [0.05, 0.1) is 5.92 Å². The van der Waals surface area contributed by atoms with E-state index in [-0.39, 0.29) is 11.8 Å². The number of carboxylic acid groups (broad SMARTS) is 1. The largest absolute Gasteiger partial charge is 0.481 e. The van der Waals surface area contributed by atoms with Crippen LogP contribution in [0, 0.1) is 5.92 Å². The van der Waals surface area contributed by atoms with E-state index in [4.69, 9.17) is 0 Å². The van der Waals surface area contributed by atoms with Crippen LogP contribution in [0.25, 0.3) is 0 Å². The molecule has 0 spiro atoms.